The van der Waals surface area contributed by atoms with Gasteiger partial charge < -0.3 is 24.8 Å². The molecule has 4 N–H and O–H groups in total. The molecule has 42 heavy (non-hydrogen) atoms. The average molecular weight is 631 g/mol. The summed E-state index contributed by atoms with van der Waals surface area (Å²) in [5.41, 5.74) is 1.96. The van der Waals surface area contributed by atoms with E-state index in [1.54, 1.807) is 50.2 Å². The number of hydrogen-bond donors (Lipinski definition) is 3. The second-order valence-corrected chi connectivity index (χ2v) is 12.1. The van der Waals surface area contributed by atoms with Crippen LogP contribution >= 0.6 is 19.3 Å². The number of carbonyl (C=O) groups is 1. The van der Waals surface area contributed by atoms with E-state index in [1.807, 2.05) is 0 Å². The van der Waals surface area contributed by atoms with Gasteiger partial charge in [-0.25, -0.2) is 18.1 Å². The maximum absolute atomic E-state index is 14.6. The Balaban J connectivity index is 1.65. The number of anilines is 1. The quantitative estimate of drug-likeness (QED) is 0.207. The van der Waals surface area contributed by atoms with Gasteiger partial charge in [0.25, 0.3) is 6.43 Å². The van der Waals surface area contributed by atoms with Crippen LogP contribution in [0.2, 0.25) is 5.02 Å². The first-order valence-electron chi connectivity index (χ1n) is 12.8. The average Bonchev–Trinajstić information content (AvgIpc) is 3.27. The summed E-state index contributed by atoms with van der Waals surface area (Å²) in [4.78, 5) is 28.4. The molecule has 0 amide bonds. The summed E-state index contributed by atoms with van der Waals surface area (Å²) in [7, 11) is -4.63. The Hall–Kier alpha value is -3.13. The fourth-order valence-electron chi connectivity index (χ4n) is 4.31. The van der Waals surface area contributed by atoms with Crippen molar-refractivity contribution in [3.05, 3.63) is 64.2 Å². The Labute approximate surface area is 244 Å². The highest BCUT2D eigenvalue weighted by Gasteiger charge is 2.55. The van der Waals surface area contributed by atoms with E-state index in [9.17, 15) is 28.0 Å². The monoisotopic (exact) mass is 630 g/mol. The lowest BCUT2D eigenvalue weighted by molar-refractivity contribution is -0.170. The molecule has 5 unspecified atom stereocenters. The van der Waals surface area contributed by atoms with E-state index >= 15 is 0 Å². The number of halogens is 3. The van der Waals surface area contributed by atoms with Crippen molar-refractivity contribution in [1.29, 1.82) is 0 Å². The SMILES string of the molecule is CC(C)OC(=O)C(C)NP(=O)(OCC1(C(F)F)CC(O)C(n2cc(Cl)c(N)nc2=O)O1)Oc1cccc2ccccc12. The number of aromatic nitrogens is 2. The molecule has 1 aromatic heterocycles. The third-order valence-corrected chi connectivity index (χ3v) is 8.25. The molecule has 4 rings (SSSR count). The summed E-state index contributed by atoms with van der Waals surface area (Å²) >= 11 is 5.93. The molecule has 16 heteroatoms. The van der Waals surface area contributed by atoms with Crippen LogP contribution in [-0.4, -0.2) is 57.5 Å². The van der Waals surface area contributed by atoms with Crippen molar-refractivity contribution >= 4 is 41.9 Å². The maximum Gasteiger partial charge on any atom is 0.459 e. The van der Waals surface area contributed by atoms with Gasteiger partial charge in [-0.2, -0.15) is 10.1 Å². The van der Waals surface area contributed by atoms with E-state index in [0.717, 1.165) is 16.2 Å². The van der Waals surface area contributed by atoms with Crippen LogP contribution in [0.3, 0.4) is 0 Å². The molecule has 0 spiro atoms. The molecule has 1 saturated heterocycles. The number of carbonyl (C=O) groups excluding carboxylic acids is 1. The van der Waals surface area contributed by atoms with Gasteiger partial charge in [0.2, 0.25) is 0 Å². The van der Waals surface area contributed by atoms with Crippen LogP contribution in [0.4, 0.5) is 14.6 Å². The Kier molecular flexibility index (Phi) is 9.55. The summed E-state index contributed by atoms with van der Waals surface area (Å²) in [5, 5.41) is 14.2. The predicted molar refractivity (Wildman–Crippen MR) is 149 cm³/mol. The zero-order chi connectivity index (χ0) is 30.8. The lowest BCUT2D eigenvalue weighted by Gasteiger charge is -2.31. The second kappa shape index (κ2) is 12.6. The molecular weight excluding hydrogens is 601 g/mol. The van der Waals surface area contributed by atoms with Gasteiger partial charge in [0.1, 0.15) is 23.7 Å². The van der Waals surface area contributed by atoms with Crippen LogP contribution in [0, 0.1) is 0 Å². The topological polar surface area (TPSA) is 164 Å². The molecule has 0 radical (unpaired) electrons. The number of nitrogens with two attached hydrogens (primary N) is 1. The molecule has 2 heterocycles. The number of nitrogen functional groups attached to an aromatic ring is 1. The molecule has 1 aliphatic heterocycles. The van der Waals surface area contributed by atoms with Gasteiger partial charge in [0.15, 0.2) is 11.8 Å². The Morgan fingerprint density at radius 3 is 2.67 bits per heavy atom. The molecule has 1 fully saturated rings. The van der Waals surface area contributed by atoms with Crippen LogP contribution in [0.1, 0.15) is 33.4 Å². The lowest BCUT2D eigenvalue weighted by Crippen LogP contribution is -2.44. The van der Waals surface area contributed by atoms with Gasteiger partial charge in [-0.05, 0) is 32.2 Å². The first kappa shape index (κ1) is 31.8. The second-order valence-electron chi connectivity index (χ2n) is 9.99. The number of aliphatic hydroxyl groups excluding tert-OH is 1. The highest BCUT2D eigenvalue weighted by Crippen LogP contribution is 2.50. The zero-order valence-electron chi connectivity index (χ0n) is 22.8. The summed E-state index contributed by atoms with van der Waals surface area (Å²) in [6.07, 6.45) is -6.81. The van der Waals surface area contributed by atoms with Crippen LogP contribution in [0.25, 0.3) is 10.8 Å². The minimum atomic E-state index is -4.63. The number of hydrogen-bond acceptors (Lipinski definition) is 10. The number of aliphatic hydroxyl groups is 1. The van der Waals surface area contributed by atoms with Crippen molar-refractivity contribution in [1.82, 2.24) is 14.6 Å². The number of nitrogens with one attached hydrogen (secondary N) is 1. The van der Waals surface area contributed by atoms with Crippen molar-refractivity contribution < 1.29 is 41.8 Å². The normalized spacial score (nSPS) is 22.8. The molecule has 5 atom stereocenters. The van der Waals surface area contributed by atoms with Crippen LogP contribution < -0.4 is 21.0 Å². The Bertz CT molecular complexity index is 1550. The van der Waals surface area contributed by atoms with Crippen molar-refractivity contribution in [2.75, 3.05) is 12.3 Å². The molecule has 228 valence electrons. The number of fused-ring (bicyclic) bond motifs is 1. The van der Waals surface area contributed by atoms with Gasteiger partial charge in [-0.1, -0.05) is 48.0 Å². The minimum Gasteiger partial charge on any atom is -0.462 e. The smallest absolute Gasteiger partial charge is 0.459 e. The van der Waals surface area contributed by atoms with Gasteiger partial charge >= 0.3 is 19.4 Å². The fraction of sp³-hybridized carbons (Fsp3) is 0.423. The minimum absolute atomic E-state index is 0.0823. The van der Waals surface area contributed by atoms with E-state index in [4.69, 9.17) is 35.9 Å². The number of alkyl halides is 2. The van der Waals surface area contributed by atoms with Gasteiger partial charge in [0.05, 0.1) is 17.7 Å². The Morgan fingerprint density at radius 2 is 1.98 bits per heavy atom. The third kappa shape index (κ3) is 6.91. The molecule has 2 aromatic carbocycles. The van der Waals surface area contributed by atoms with Gasteiger partial charge in [-0.3, -0.25) is 13.9 Å². The number of rotatable bonds is 11. The summed E-state index contributed by atoms with van der Waals surface area (Å²) in [6.45, 7) is 3.50. The Morgan fingerprint density at radius 1 is 1.29 bits per heavy atom. The molecule has 0 bridgehead atoms. The first-order chi connectivity index (χ1) is 19.7. The van der Waals surface area contributed by atoms with Crippen LogP contribution in [0.15, 0.2) is 53.5 Å². The van der Waals surface area contributed by atoms with Crippen LogP contribution in [-0.2, 0) is 23.4 Å². The third-order valence-electron chi connectivity index (χ3n) is 6.35. The van der Waals surface area contributed by atoms with Crippen molar-refractivity contribution in [2.45, 2.75) is 63.7 Å². The molecule has 0 saturated carbocycles. The molecule has 3 aromatic rings. The summed E-state index contributed by atoms with van der Waals surface area (Å²) in [6, 6.07) is 10.6. The fourth-order valence-corrected chi connectivity index (χ4v) is 6.03. The molecule has 0 aliphatic carbocycles. The maximum atomic E-state index is 14.6. The largest absolute Gasteiger partial charge is 0.462 e. The van der Waals surface area contributed by atoms with E-state index in [1.165, 1.54) is 13.0 Å². The number of benzene rings is 2. The summed E-state index contributed by atoms with van der Waals surface area (Å²) < 4.78 is 65.9. The number of ether oxygens (including phenoxy) is 2. The zero-order valence-corrected chi connectivity index (χ0v) is 24.4. The van der Waals surface area contributed by atoms with Gasteiger partial charge in [0, 0.05) is 18.0 Å². The van der Waals surface area contributed by atoms with Crippen LogP contribution in [0.5, 0.6) is 5.75 Å². The highest BCUT2D eigenvalue weighted by molar-refractivity contribution is 7.52. The number of nitrogens with zero attached hydrogens (tertiary/aromatic N) is 2. The van der Waals surface area contributed by atoms with Crippen molar-refractivity contribution in [2.24, 2.45) is 0 Å². The molecular formula is C26H30ClF2N4O8P. The van der Waals surface area contributed by atoms with Crippen molar-refractivity contribution in [3.8, 4) is 5.75 Å². The first-order valence-corrected chi connectivity index (χ1v) is 14.7. The van der Waals surface area contributed by atoms with E-state index in [-0.39, 0.29) is 16.6 Å². The van der Waals surface area contributed by atoms with Gasteiger partial charge in [-0.15, -0.1) is 0 Å². The predicted octanol–water partition coefficient (Wildman–Crippen LogP) is 4.05. The lowest BCUT2D eigenvalue weighted by atomic mass is 10.0. The molecule has 12 nitrogen and oxygen atoms in total. The van der Waals surface area contributed by atoms with E-state index in [2.05, 4.69) is 10.1 Å². The summed E-state index contributed by atoms with van der Waals surface area (Å²) in [5.74, 6) is -1.01. The standard InChI is InChI=1S/C26H30ClF2N4O8P/c1-14(2)39-23(35)15(3)32-42(37,41-20-10-6-8-16-7-4-5-9-17(16)20)38-13-26(24(28)29)11-19(34)22(40-26)33-12-18(27)21(30)31-25(33)36/h4-10,12,14-15,19,22,24,34H,11,13H2,1-3H3,(H,32,37)(H2,30,31,36). The highest BCUT2D eigenvalue weighted by atomic mass is 35.5. The molecule has 1 aliphatic rings. The van der Waals surface area contributed by atoms with Crippen molar-refractivity contribution in [3.63, 3.8) is 0 Å². The van der Waals surface area contributed by atoms with E-state index < -0.39 is 68.9 Å². The number of esters is 1. The van der Waals surface area contributed by atoms with E-state index in [0.29, 0.717) is 5.39 Å².